The van der Waals surface area contributed by atoms with Crippen LogP contribution in [0.5, 0.6) is 0 Å². The maximum atomic E-state index is 10.8. The number of amides is 1. The lowest BCUT2D eigenvalue weighted by Crippen LogP contribution is -2.52. The zero-order chi connectivity index (χ0) is 13.6. The standard InChI is InChI=1S/C7H10N2O3S2.C2H5NO/c1-14(10,11)12-6-4-9(5-6)7-8-2-3-13-7;1-3-2-4/h2-3,6H,4-5H2,1H3;2H,1H3,(H,3,4). The molecule has 1 N–H and O–H groups in total. The Balaban J connectivity index is 0.000000357. The van der Waals surface area contributed by atoms with E-state index in [9.17, 15) is 8.42 Å². The lowest BCUT2D eigenvalue weighted by Gasteiger charge is -2.37. The van der Waals surface area contributed by atoms with Crippen molar-refractivity contribution in [2.75, 3.05) is 31.3 Å². The molecule has 1 aliphatic heterocycles. The van der Waals surface area contributed by atoms with Crippen LogP contribution in [0.15, 0.2) is 11.6 Å². The second-order valence-corrected chi connectivity index (χ2v) is 6.02. The number of nitrogens with one attached hydrogen (secondary N) is 1. The average molecular weight is 293 g/mol. The third-order valence-electron chi connectivity index (χ3n) is 1.97. The number of hydrogen-bond donors (Lipinski definition) is 1. The third-order valence-corrected chi connectivity index (χ3v) is 3.42. The summed E-state index contributed by atoms with van der Waals surface area (Å²) in [6, 6.07) is 0. The van der Waals surface area contributed by atoms with Gasteiger partial charge < -0.3 is 10.2 Å². The van der Waals surface area contributed by atoms with Crippen molar-refractivity contribution in [3.8, 4) is 0 Å². The molecular formula is C9H15N3O4S2. The Hall–Kier alpha value is -1.19. The first-order chi connectivity index (χ1) is 8.46. The van der Waals surface area contributed by atoms with Crippen LogP contribution in [0.4, 0.5) is 5.13 Å². The average Bonchev–Trinajstić information content (AvgIpc) is 2.75. The van der Waals surface area contributed by atoms with Crippen LogP contribution in [0.2, 0.25) is 0 Å². The van der Waals surface area contributed by atoms with E-state index in [4.69, 9.17) is 8.98 Å². The molecule has 9 heteroatoms. The van der Waals surface area contributed by atoms with E-state index in [1.54, 1.807) is 13.2 Å². The number of anilines is 1. The SMILES string of the molecule is CNC=O.CS(=O)(=O)OC1CN(c2nccs2)C1. The Kier molecular flexibility index (Phi) is 5.51. The summed E-state index contributed by atoms with van der Waals surface area (Å²) in [5.74, 6) is 0. The normalized spacial score (nSPS) is 15.3. The van der Waals surface area contributed by atoms with E-state index < -0.39 is 10.1 Å². The molecule has 1 amide bonds. The molecule has 102 valence electrons. The number of rotatable bonds is 4. The van der Waals surface area contributed by atoms with Crippen LogP contribution >= 0.6 is 11.3 Å². The van der Waals surface area contributed by atoms with E-state index >= 15 is 0 Å². The first-order valence-corrected chi connectivity index (χ1v) is 7.79. The molecule has 1 aliphatic rings. The van der Waals surface area contributed by atoms with Gasteiger partial charge in [-0.15, -0.1) is 11.3 Å². The number of carbonyl (C=O) groups excluding carboxylic acids is 1. The van der Waals surface area contributed by atoms with Gasteiger partial charge in [-0.25, -0.2) is 4.98 Å². The van der Waals surface area contributed by atoms with Gasteiger partial charge in [0.2, 0.25) is 6.41 Å². The van der Waals surface area contributed by atoms with Crippen molar-refractivity contribution >= 4 is 33.0 Å². The van der Waals surface area contributed by atoms with Crippen molar-refractivity contribution in [3.63, 3.8) is 0 Å². The molecule has 2 heterocycles. The molecular weight excluding hydrogens is 278 g/mol. The Bertz CT molecular complexity index is 454. The van der Waals surface area contributed by atoms with Crippen molar-refractivity contribution in [1.29, 1.82) is 0 Å². The molecule has 1 fully saturated rings. The molecule has 1 aromatic rings. The van der Waals surface area contributed by atoms with Crippen molar-refractivity contribution < 1.29 is 17.4 Å². The Morgan fingerprint density at radius 3 is 2.61 bits per heavy atom. The van der Waals surface area contributed by atoms with Crippen LogP contribution in [0.3, 0.4) is 0 Å². The number of thiazole rings is 1. The van der Waals surface area contributed by atoms with E-state index in [-0.39, 0.29) is 6.10 Å². The summed E-state index contributed by atoms with van der Waals surface area (Å²) in [5, 5.41) is 5.05. The molecule has 0 radical (unpaired) electrons. The molecule has 0 bridgehead atoms. The summed E-state index contributed by atoms with van der Waals surface area (Å²) in [5.41, 5.74) is 0. The maximum absolute atomic E-state index is 10.8. The minimum atomic E-state index is -3.32. The highest BCUT2D eigenvalue weighted by Crippen LogP contribution is 2.24. The van der Waals surface area contributed by atoms with Crippen LogP contribution in [-0.2, 0) is 19.1 Å². The summed E-state index contributed by atoms with van der Waals surface area (Å²) in [4.78, 5) is 15.2. The zero-order valence-electron chi connectivity index (χ0n) is 10.1. The molecule has 1 aromatic heterocycles. The van der Waals surface area contributed by atoms with Gasteiger partial charge in [-0.05, 0) is 0 Å². The van der Waals surface area contributed by atoms with Crippen LogP contribution in [0, 0.1) is 0 Å². The highest BCUT2D eigenvalue weighted by molar-refractivity contribution is 7.86. The lowest BCUT2D eigenvalue weighted by atomic mass is 10.2. The summed E-state index contributed by atoms with van der Waals surface area (Å²) < 4.78 is 26.4. The van der Waals surface area contributed by atoms with Crippen LogP contribution in [-0.4, -0.2) is 52.3 Å². The van der Waals surface area contributed by atoms with Gasteiger partial charge in [-0.3, -0.25) is 8.98 Å². The second-order valence-electron chi connectivity index (χ2n) is 3.55. The molecule has 0 aromatic carbocycles. The van der Waals surface area contributed by atoms with Gasteiger partial charge in [0.15, 0.2) is 5.13 Å². The van der Waals surface area contributed by atoms with E-state index in [2.05, 4.69) is 10.3 Å². The quantitative estimate of drug-likeness (QED) is 0.604. The van der Waals surface area contributed by atoms with E-state index in [0.717, 1.165) is 11.4 Å². The maximum Gasteiger partial charge on any atom is 0.264 e. The summed E-state index contributed by atoms with van der Waals surface area (Å²) in [6.07, 6.45) is 3.21. The molecule has 1 saturated heterocycles. The fourth-order valence-corrected chi connectivity index (χ4v) is 2.55. The molecule has 2 rings (SSSR count). The minimum Gasteiger partial charge on any atom is -0.362 e. The smallest absolute Gasteiger partial charge is 0.264 e. The molecule has 0 atom stereocenters. The largest absolute Gasteiger partial charge is 0.362 e. The molecule has 0 aliphatic carbocycles. The number of aromatic nitrogens is 1. The highest BCUT2D eigenvalue weighted by atomic mass is 32.2. The third kappa shape index (κ3) is 4.98. The Morgan fingerprint density at radius 2 is 2.22 bits per heavy atom. The molecule has 7 nitrogen and oxygen atoms in total. The van der Waals surface area contributed by atoms with E-state index in [0.29, 0.717) is 19.5 Å². The van der Waals surface area contributed by atoms with Crippen LogP contribution in [0.25, 0.3) is 0 Å². The first-order valence-electron chi connectivity index (χ1n) is 5.10. The molecule has 0 spiro atoms. The van der Waals surface area contributed by atoms with Gasteiger partial charge in [-0.1, -0.05) is 0 Å². The topological polar surface area (TPSA) is 88.6 Å². The molecule has 18 heavy (non-hydrogen) atoms. The molecule has 0 unspecified atom stereocenters. The number of hydrogen-bond acceptors (Lipinski definition) is 7. The summed E-state index contributed by atoms with van der Waals surface area (Å²) >= 11 is 1.54. The van der Waals surface area contributed by atoms with E-state index in [1.165, 1.54) is 11.3 Å². The zero-order valence-corrected chi connectivity index (χ0v) is 11.7. The predicted octanol–water partition coefficient (Wildman–Crippen LogP) is -0.330. The van der Waals surface area contributed by atoms with Gasteiger partial charge in [0.05, 0.1) is 6.26 Å². The number of nitrogens with zero attached hydrogens (tertiary/aromatic N) is 2. The first kappa shape index (κ1) is 14.9. The van der Waals surface area contributed by atoms with Crippen molar-refractivity contribution in [3.05, 3.63) is 11.6 Å². The number of carbonyl (C=O) groups is 1. The second kappa shape index (κ2) is 6.66. The molecule has 0 saturated carbocycles. The van der Waals surface area contributed by atoms with Gasteiger partial charge in [0, 0.05) is 31.7 Å². The summed E-state index contributed by atoms with van der Waals surface area (Å²) in [6.45, 7) is 1.20. The van der Waals surface area contributed by atoms with E-state index in [1.807, 2.05) is 10.3 Å². The van der Waals surface area contributed by atoms with Crippen molar-refractivity contribution in [2.45, 2.75) is 6.10 Å². The van der Waals surface area contributed by atoms with Gasteiger partial charge in [-0.2, -0.15) is 8.42 Å². The van der Waals surface area contributed by atoms with Crippen molar-refractivity contribution in [1.82, 2.24) is 10.3 Å². The fourth-order valence-electron chi connectivity index (χ4n) is 1.27. The van der Waals surface area contributed by atoms with Crippen LogP contribution in [0.1, 0.15) is 0 Å². The monoisotopic (exact) mass is 293 g/mol. The van der Waals surface area contributed by atoms with Crippen molar-refractivity contribution in [2.24, 2.45) is 0 Å². The fraction of sp³-hybridized carbons (Fsp3) is 0.556. The predicted molar refractivity (Wildman–Crippen MR) is 69.2 cm³/mol. The minimum absolute atomic E-state index is 0.214. The summed E-state index contributed by atoms with van der Waals surface area (Å²) in [7, 11) is -1.76. The van der Waals surface area contributed by atoms with Crippen LogP contribution < -0.4 is 10.2 Å². The highest BCUT2D eigenvalue weighted by Gasteiger charge is 2.31. The Morgan fingerprint density at radius 1 is 1.61 bits per heavy atom. The van der Waals surface area contributed by atoms with Gasteiger partial charge in [0.1, 0.15) is 6.10 Å². The van der Waals surface area contributed by atoms with Gasteiger partial charge in [0.25, 0.3) is 10.1 Å². The van der Waals surface area contributed by atoms with Gasteiger partial charge >= 0.3 is 0 Å². The Labute approximate surface area is 110 Å². The lowest BCUT2D eigenvalue weighted by molar-refractivity contribution is -0.109.